The number of hydrogen-bond acceptors (Lipinski definition) is 5. The average molecular weight is 394 g/mol. The number of halogens is 1. The van der Waals surface area contributed by atoms with Gasteiger partial charge in [-0.15, -0.1) is 0 Å². The highest BCUT2D eigenvalue weighted by atomic mass is 32.2. The Morgan fingerprint density at radius 3 is 2.74 bits per heavy atom. The molecule has 2 aromatic rings. The Bertz CT molecular complexity index is 861. The molecule has 27 heavy (non-hydrogen) atoms. The van der Waals surface area contributed by atoms with E-state index in [1.807, 2.05) is 30.3 Å². The van der Waals surface area contributed by atoms with E-state index in [1.165, 1.54) is 19.2 Å². The third kappa shape index (κ3) is 5.04. The second-order valence-corrected chi connectivity index (χ2v) is 8.03. The lowest BCUT2D eigenvalue weighted by Gasteiger charge is -2.33. The molecule has 0 spiro atoms. The van der Waals surface area contributed by atoms with Crippen molar-refractivity contribution < 1.29 is 22.3 Å². The summed E-state index contributed by atoms with van der Waals surface area (Å²) in [5, 5.41) is 0. The number of methoxy groups -OCH3 is 1. The molecule has 1 N–H and O–H groups in total. The zero-order valence-electron chi connectivity index (χ0n) is 15.1. The van der Waals surface area contributed by atoms with Crippen LogP contribution in [0.5, 0.6) is 5.75 Å². The van der Waals surface area contributed by atoms with E-state index in [9.17, 15) is 12.8 Å². The molecular weight excluding hydrogens is 371 g/mol. The molecule has 0 saturated carbocycles. The fraction of sp³-hybridized carbons (Fsp3) is 0.368. The van der Waals surface area contributed by atoms with Gasteiger partial charge in [-0.3, -0.25) is 4.90 Å². The molecular formula is C19H23FN2O4S. The summed E-state index contributed by atoms with van der Waals surface area (Å²) in [4.78, 5) is 2.03. The second-order valence-electron chi connectivity index (χ2n) is 6.26. The maximum absolute atomic E-state index is 13.8. The van der Waals surface area contributed by atoms with Gasteiger partial charge in [0.05, 0.1) is 24.7 Å². The fourth-order valence-corrected chi connectivity index (χ4v) is 4.04. The molecule has 0 bridgehead atoms. The summed E-state index contributed by atoms with van der Waals surface area (Å²) in [5.74, 6) is -0.700. The molecule has 1 heterocycles. The molecule has 3 rings (SSSR count). The molecule has 1 aliphatic heterocycles. The number of rotatable bonds is 7. The number of sulfonamides is 1. The number of ether oxygens (including phenoxy) is 2. The minimum Gasteiger partial charge on any atom is -0.494 e. The van der Waals surface area contributed by atoms with Crippen LogP contribution in [0.15, 0.2) is 53.4 Å². The largest absolute Gasteiger partial charge is 0.494 e. The number of morpholine rings is 1. The minimum atomic E-state index is -3.78. The topological polar surface area (TPSA) is 67.9 Å². The van der Waals surface area contributed by atoms with E-state index in [0.29, 0.717) is 19.7 Å². The van der Waals surface area contributed by atoms with E-state index >= 15 is 0 Å². The van der Waals surface area contributed by atoms with Gasteiger partial charge >= 0.3 is 0 Å². The van der Waals surface area contributed by atoms with Crippen molar-refractivity contribution in [3.63, 3.8) is 0 Å². The Labute approximate surface area is 159 Å². The van der Waals surface area contributed by atoms with Crippen LogP contribution in [0.25, 0.3) is 0 Å². The highest BCUT2D eigenvalue weighted by Crippen LogP contribution is 2.22. The zero-order valence-corrected chi connectivity index (χ0v) is 15.9. The number of nitrogens with zero attached hydrogens (tertiary/aromatic N) is 1. The first kappa shape index (κ1) is 19.8. The van der Waals surface area contributed by atoms with E-state index in [4.69, 9.17) is 9.47 Å². The quantitative estimate of drug-likeness (QED) is 0.780. The molecule has 2 aromatic carbocycles. The van der Waals surface area contributed by atoms with Crippen LogP contribution in [0.1, 0.15) is 11.7 Å². The van der Waals surface area contributed by atoms with Crippen molar-refractivity contribution in [3.8, 4) is 5.75 Å². The van der Waals surface area contributed by atoms with Crippen LogP contribution in [-0.2, 0) is 14.8 Å². The van der Waals surface area contributed by atoms with E-state index in [1.54, 1.807) is 0 Å². The van der Waals surface area contributed by atoms with Crippen LogP contribution >= 0.6 is 0 Å². The molecule has 8 heteroatoms. The maximum Gasteiger partial charge on any atom is 0.240 e. The van der Waals surface area contributed by atoms with Gasteiger partial charge in [0, 0.05) is 26.2 Å². The molecule has 0 unspecified atom stereocenters. The summed E-state index contributed by atoms with van der Waals surface area (Å²) < 4.78 is 51.6. The highest BCUT2D eigenvalue weighted by Gasteiger charge is 2.22. The summed E-state index contributed by atoms with van der Waals surface area (Å²) >= 11 is 0. The number of nitrogens with one attached hydrogen (secondary N) is 1. The lowest BCUT2D eigenvalue weighted by Crippen LogP contribution is -2.42. The predicted octanol–water partition coefficient (Wildman–Crippen LogP) is 2.19. The molecule has 146 valence electrons. The Hall–Kier alpha value is -2.00. The summed E-state index contributed by atoms with van der Waals surface area (Å²) in [6, 6.07) is 13.5. The van der Waals surface area contributed by atoms with E-state index in [-0.39, 0.29) is 23.3 Å². The van der Waals surface area contributed by atoms with Crippen LogP contribution in [0.2, 0.25) is 0 Å². The van der Waals surface area contributed by atoms with Crippen molar-refractivity contribution in [2.24, 2.45) is 0 Å². The molecule has 0 aliphatic carbocycles. The molecule has 1 atom stereocenters. The molecule has 1 saturated heterocycles. The normalized spacial score (nSPS) is 18.4. The lowest BCUT2D eigenvalue weighted by molar-refractivity contribution is -0.0291. The molecule has 0 aromatic heterocycles. The average Bonchev–Trinajstić information content (AvgIpc) is 2.69. The molecule has 1 fully saturated rings. The van der Waals surface area contributed by atoms with Crippen molar-refractivity contribution in [1.29, 1.82) is 0 Å². The van der Waals surface area contributed by atoms with Crippen molar-refractivity contribution >= 4 is 10.0 Å². The Morgan fingerprint density at radius 2 is 2.04 bits per heavy atom. The van der Waals surface area contributed by atoms with Gasteiger partial charge in [0.25, 0.3) is 0 Å². The van der Waals surface area contributed by atoms with Crippen LogP contribution in [0.3, 0.4) is 0 Å². The summed E-state index contributed by atoms with van der Waals surface area (Å²) in [6.45, 7) is 2.81. The number of benzene rings is 2. The van der Waals surface area contributed by atoms with Crippen LogP contribution in [0, 0.1) is 5.82 Å². The first-order chi connectivity index (χ1) is 13.0. The van der Waals surface area contributed by atoms with E-state index < -0.39 is 15.8 Å². The Balaban J connectivity index is 1.55. The summed E-state index contributed by atoms with van der Waals surface area (Å²) in [6.07, 6.45) is -0.0211. The molecule has 1 aliphatic rings. The van der Waals surface area contributed by atoms with Gasteiger partial charge in [-0.2, -0.15) is 0 Å². The van der Waals surface area contributed by atoms with Gasteiger partial charge in [0.1, 0.15) is 0 Å². The SMILES string of the molecule is COc1ccc(S(=O)(=O)NCCN2CCO[C@H](c3ccccc3)C2)cc1F. The first-order valence-corrected chi connectivity index (χ1v) is 10.2. The van der Waals surface area contributed by atoms with E-state index in [0.717, 1.165) is 18.2 Å². The van der Waals surface area contributed by atoms with Gasteiger partial charge < -0.3 is 9.47 Å². The van der Waals surface area contributed by atoms with Gasteiger partial charge in [-0.1, -0.05) is 30.3 Å². The number of hydrogen-bond donors (Lipinski definition) is 1. The van der Waals surface area contributed by atoms with Crippen LogP contribution in [-0.4, -0.2) is 53.2 Å². The van der Waals surface area contributed by atoms with Crippen molar-refractivity contribution in [3.05, 3.63) is 59.9 Å². The Morgan fingerprint density at radius 1 is 1.26 bits per heavy atom. The third-order valence-electron chi connectivity index (χ3n) is 4.48. The van der Waals surface area contributed by atoms with Crippen LogP contribution < -0.4 is 9.46 Å². The minimum absolute atomic E-state index is 0.00854. The smallest absolute Gasteiger partial charge is 0.240 e. The molecule has 0 amide bonds. The highest BCUT2D eigenvalue weighted by molar-refractivity contribution is 7.89. The fourth-order valence-electron chi connectivity index (χ4n) is 3.01. The summed E-state index contributed by atoms with van der Waals surface area (Å²) in [5.41, 5.74) is 1.11. The standard InChI is InChI=1S/C19H23FN2O4S/c1-25-18-8-7-16(13-17(18)20)27(23,24)21-9-10-22-11-12-26-19(14-22)15-5-3-2-4-6-15/h2-8,13,19,21H,9-12,14H2,1H3/t19-/m0/s1. The second kappa shape index (κ2) is 8.79. The zero-order chi connectivity index (χ0) is 19.3. The van der Waals surface area contributed by atoms with Gasteiger partial charge in [0.2, 0.25) is 10.0 Å². The third-order valence-corrected chi connectivity index (χ3v) is 5.93. The summed E-state index contributed by atoms with van der Waals surface area (Å²) in [7, 11) is -2.45. The van der Waals surface area contributed by atoms with Crippen molar-refractivity contribution in [1.82, 2.24) is 9.62 Å². The predicted molar refractivity (Wildman–Crippen MR) is 99.7 cm³/mol. The lowest BCUT2D eigenvalue weighted by atomic mass is 10.1. The van der Waals surface area contributed by atoms with Crippen molar-refractivity contribution in [2.45, 2.75) is 11.0 Å². The maximum atomic E-state index is 13.8. The van der Waals surface area contributed by atoms with Gasteiger partial charge in [0.15, 0.2) is 11.6 Å². The molecule has 6 nitrogen and oxygen atoms in total. The first-order valence-electron chi connectivity index (χ1n) is 8.72. The van der Waals surface area contributed by atoms with E-state index in [2.05, 4.69) is 9.62 Å². The van der Waals surface area contributed by atoms with Crippen molar-refractivity contribution in [2.75, 3.05) is 39.9 Å². The van der Waals surface area contributed by atoms with Gasteiger partial charge in [-0.25, -0.2) is 17.5 Å². The molecule has 0 radical (unpaired) electrons. The Kier molecular flexibility index (Phi) is 6.43. The monoisotopic (exact) mass is 394 g/mol. The van der Waals surface area contributed by atoms with Gasteiger partial charge in [-0.05, 0) is 23.8 Å². The van der Waals surface area contributed by atoms with Crippen LogP contribution in [0.4, 0.5) is 4.39 Å².